The van der Waals surface area contributed by atoms with Crippen molar-refractivity contribution < 1.29 is 23.0 Å². The highest BCUT2D eigenvalue weighted by Crippen LogP contribution is 2.36. The number of carbonyl (C=O) groups excluding carboxylic acids is 1. The van der Waals surface area contributed by atoms with Crippen LogP contribution in [0.25, 0.3) is 11.3 Å². The molecule has 1 amide bonds. The van der Waals surface area contributed by atoms with Crippen LogP contribution in [0.5, 0.6) is 11.5 Å². The van der Waals surface area contributed by atoms with Crippen LogP contribution in [0.4, 0.5) is 14.5 Å². The maximum atomic E-state index is 14.2. The first-order valence-electron chi connectivity index (χ1n) is 8.84. The number of methoxy groups -OCH3 is 1. The fourth-order valence-electron chi connectivity index (χ4n) is 2.88. The minimum Gasteiger partial charge on any atom is -0.497 e. The number of amides is 1. The Kier molecular flexibility index (Phi) is 6.53. The molecule has 0 aliphatic rings. The van der Waals surface area contributed by atoms with Crippen molar-refractivity contribution in [3.8, 4) is 22.8 Å². The Morgan fingerprint density at radius 2 is 1.97 bits per heavy atom. The lowest BCUT2D eigenvalue weighted by Crippen LogP contribution is -2.16. The van der Waals surface area contributed by atoms with Crippen molar-refractivity contribution in [3.05, 3.63) is 58.7 Å². The molecule has 10 heteroatoms. The van der Waals surface area contributed by atoms with Gasteiger partial charge < -0.3 is 20.5 Å². The van der Waals surface area contributed by atoms with Gasteiger partial charge in [-0.25, -0.2) is 8.78 Å². The highest BCUT2D eigenvalue weighted by molar-refractivity contribution is 6.33. The van der Waals surface area contributed by atoms with E-state index in [1.165, 1.54) is 19.4 Å². The molecule has 0 bridgehead atoms. The van der Waals surface area contributed by atoms with Gasteiger partial charge in [-0.3, -0.25) is 9.48 Å². The molecule has 158 valence electrons. The van der Waals surface area contributed by atoms with E-state index in [1.807, 2.05) is 0 Å². The second kappa shape index (κ2) is 9.10. The molecule has 0 spiro atoms. The predicted molar refractivity (Wildman–Crippen MR) is 109 cm³/mol. The quantitative estimate of drug-likeness (QED) is 0.590. The van der Waals surface area contributed by atoms with Crippen molar-refractivity contribution in [1.29, 1.82) is 0 Å². The molecule has 0 saturated heterocycles. The zero-order valence-corrected chi connectivity index (χ0v) is 17.0. The third-order valence-corrected chi connectivity index (χ3v) is 4.52. The van der Waals surface area contributed by atoms with Crippen LogP contribution in [0.15, 0.2) is 36.5 Å². The zero-order valence-electron chi connectivity index (χ0n) is 16.2. The molecule has 30 heavy (non-hydrogen) atoms. The molecule has 0 saturated carbocycles. The van der Waals surface area contributed by atoms with E-state index in [4.69, 9.17) is 26.8 Å². The van der Waals surface area contributed by atoms with Gasteiger partial charge in [-0.1, -0.05) is 11.6 Å². The molecule has 1 aromatic heterocycles. The van der Waals surface area contributed by atoms with Gasteiger partial charge in [-0.2, -0.15) is 5.10 Å². The van der Waals surface area contributed by atoms with Crippen LogP contribution in [0, 0.1) is 11.6 Å². The van der Waals surface area contributed by atoms with E-state index in [0.717, 1.165) is 12.1 Å². The van der Waals surface area contributed by atoms with Gasteiger partial charge in [0.05, 0.1) is 24.0 Å². The number of aryl methyl sites for hydroxylation is 1. The Labute approximate surface area is 176 Å². The summed E-state index contributed by atoms with van der Waals surface area (Å²) < 4.78 is 40.4. The third kappa shape index (κ3) is 4.37. The number of carbonyl (C=O) groups is 1. The van der Waals surface area contributed by atoms with Gasteiger partial charge >= 0.3 is 0 Å². The fraction of sp³-hybridized carbons (Fsp3) is 0.200. The number of anilines is 1. The molecular weight excluding hydrogens is 418 g/mol. The zero-order chi connectivity index (χ0) is 21.8. The van der Waals surface area contributed by atoms with Gasteiger partial charge in [0.2, 0.25) is 0 Å². The maximum Gasteiger partial charge on any atom is 0.261 e. The second-order valence-corrected chi connectivity index (χ2v) is 6.64. The van der Waals surface area contributed by atoms with Crippen LogP contribution in [0.3, 0.4) is 0 Å². The molecule has 0 fully saturated rings. The Morgan fingerprint density at radius 1 is 1.27 bits per heavy atom. The van der Waals surface area contributed by atoms with E-state index in [-0.39, 0.29) is 18.0 Å². The number of halogens is 3. The Balaban J connectivity index is 1.98. The number of nitrogens with one attached hydrogen (secondary N) is 1. The topological polar surface area (TPSA) is 91.4 Å². The number of hydrogen-bond donors (Lipinski definition) is 2. The van der Waals surface area contributed by atoms with Gasteiger partial charge in [-0.05, 0) is 18.2 Å². The molecule has 2 aromatic carbocycles. The van der Waals surface area contributed by atoms with Crippen molar-refractivity contribution in [2.75, 3.05) is 25.6 Å². The smallest absolute Gasteiger partial charge is 0.261 e. The predicted octanol–water partition coefficient (Wildman–Crippen LogP) is 3.62. The molecule has 0 radical (unpaired) electrons. The third-order valence-electron chi connectivity index (χ3n) is 4.24. The normalized spacial score (nSPS) is 10.7. The lowest BCUT2D eigenvalue weighted by Gasteiger charge is -2.15. The standard InChI is InChI=1S/C20H19ClF2N4O3/c1-27-19(14(21)10-25-27)13-7-11(3-4-17(13)30-6-5-24)26-20(28)18-15(22)8-12(29-2)9-16(18)23/h3-4,7-10H,5-6,24H2,1-2H3,(H,26,28). The molecule has 3 N–H and O–H groups in total. The van der Waals surface area contributed by atoms with E-state index >= 15 is 0 Å². The molecule has 0 aliphatic carbocycles. The average molecular weight is 437 g/mol. The van der Waals surface area contributed by atoms with Crippen molar-refractivity contribution in [2.24, 2.45) is 12.8 Å². The monoisotopic (exact) mass is 436 g/mol. The summed E-state index contributed by atoms with van der Waals surface area (Å²) in [4.78, 5) is 12.5. The molecular formula is C20H19ClF2N4O3. The molecule has 7 nitrogen and oxygen atoms in total. The Morgan fingerprint density at radius 3 is 2.53 bits per heavy atom. The highest BCUT2D eigenvalue weighted by atomic mass is 35.5. The number of aromatic nitrogens is 2. The van der Waals surface area contributed by atoms with Crippen LogP contribution in [-0.4, -0.2) is 35.9 Å². The number of rotatable bonds is 7. The Bertz CT molecular complexity index is 1050. The summed E-state index contributed by atoms with van der Waals surface area (Å²) >= 11 is 6.25. The number of hydrogen-bond acceptors (Lipinski definition) is 5. The molecule has 0 atom stereocenters. The first-order valence-corrected chi connectivity index (χ1v) is 9.22. The van der Waals surface area contributed by atoms with Crippen molar-refractivity contribution in [2.45, 2.75) is 0 Å². The number of nitrogens with zero attached hydrogens (tertiary/aromatic N) is 2. The van der Waals surface area contributed by atoms with Gasteiger partial charge in [-0.15, -0.1) is 0 Å². The summed E-state index contributed by atoms with van der Waals surface area (Å²) in [7, 11) is 2.97. The number of benzene rings is 2. The summed E-state index contributed by atoms with van der Waals surface area (Å²) in [6.45, 7) is 0.559. The van der Waals surface area contributed by atoms with Crippen LogP contribution in [0.2, 0.25) is 5.02 Å². The molecule has 1 heterocycles. The maximum absolute atomic E-state index is 14.2. The minimum atomic E-state index is -1.04. The Hall–Kier alpha value is -3.17. The molecule has 0 unspecified atom stereocenters. The SMILES string of the molecule is COc1cc(F)c(C(=O)Nc2ccc(OCCN)c(-c3c(Cl)cnn3C)c2)c(F)c1. The summed E-state index contributed by atoms with van der Waals surface area (Å²) in [6.07, 6.45) is 1.47. The second-order valence-electron chi connectivity index (χ2n) is 6.23. The number of ether oxygens (including phenoxy) is 2. The van der Waals surface area contributed by atoms with Crippen molar-refractivity contribution in [1.82, 2.24) is 9.78 Å². The van der Waals surface area contributed by atoms with Crippen LogP contribution in [0.1, 0.15) is 10.4 Å². The van der Waals surface area contributed by atoms with Crippen LogP contribution < -0.4 is 20.5 Å². The summed E-state index contributed by atoms with van der Waals surface area (Å²) in [6, 6.07) is 6.58. The van der Waals surface area contributed by atoms with Gasteiger partial charge in [0, 0.05) is 37.0 Å². The van der Waals surface area contributed by atoms with E-state index < -0.39 is 23.1 Å². The van der Waals surface area contributed by atoms with Gasteiger partial charge in [0.15, 0.2) is 0 Å². The summed E-state index contributed by atoms with van der Waals surface area (Å²) in [5, 5.41) is 6.95. The molecule has 3 rings (SSSR count). The minimum absolute atomic E-state index is 0.0314. The first kappa shape index (κ1) is 21.5. The van der Waals surface area contributed by atoms with Gasteiger partial charge in [0.25, 0.3) is 5.91 Å². The lowest BCUT2D eigenvalue weighted by atomic mass is 10.1. The van der Waals surface area contributed by atoms with Crippen molar-refractivity contribution in [3.63, 3.8) is 0 Å². The van der Waals surface area contributed by atoms with Crippen LogP contribution in [-0.2, 0) is 7.05 Å². The lowest BCUT2D eigenvalue weighted by molar-refractivity contribution is 0.101. The van der Waals surface area contributed by atoms with E-state index in [0.29, 0.717) is 28.6 Å². The van der Waals surface area contributed by atoms with E-state index in [2.05, 4.69) is 10.4 Å². The van der Waals surface area contributed by atoms with Crippen molar-refractivity contribution >= 4 is 23.2 Å². The fourth-order valence-corrected chi connectivity index (χ4v) is 3.15. The van der Waals surface area contributed by atoms with E-state index in [9.17, 15) is 13.6 Å². The highest BCUT2D eigenvalue weighted by Gasteiger charge is 2.21. The van der Waals surface area contributed by atoms with Gasteiger partial charge in [0.1, 0.15) is 35.3 Å². The largest absolute Gasteiger partial charge is 0.497 e. The first-order chi connectivity index (χ1) is 14.3. The summed E-state index contributed by atoms with van der Waals surface area (Å²) in [5.41, 5.74) is 6.14. The average Bonchev–Trinajstić information content (AvgIpc) is 3.04. The summed E-state index contributed by atoms with van der Waals surface area (Å²) in [5.74, 6) is -2.60. The number of nitrogens with two attached hydrogens (primary N) is 1. The molecule has 3 aromatic rings. The molecule has 0 aliphatic heterocycles. The van der Waals surface area contributed by atoms with E-state index in [1.54, 1.807) is 23.9 Å². The van der Waals surface area contributed by atoms with Crippen LogP contribution >= 0.6 is 11.6 Å².